The van der Waals surface area contributed by atoms with Gasteiger partial charge in [0.25, 0.3) is 0 Å². The van der Waals surface area contributed by atoms with Crippen LogP contribution in [-0.2, 0) is 10.9 Å². The van der Waals surface area contributed by atoms with Gasteiger partial charge in [-0.25, -0.2) is 4.79 Å². The normalized spacial score (nSPS) is 17.7. The molecule has 1 fully saturated rings. The molecule has 1 aromatic rings. The molecule has 0 aliphatic carbocycles. The van der Waals surface area contributed by atoms with Crippen molar-refractivity contribution in [3.8, 4) is 5.75 Å². The van der Waals surface area contributed by atoms with Crippen LogP contribution in [0.15, 0.2) is 18.2 Å². The number of piperidine rings is 1. The van der Waals surface area contributed by atoms with Crippen LogP contribution in [0.4, 0.5) is 18.0 Å². The second-order valence-electron chi connectivity index (χ2n) is 7.81. The molecular formula is C20H28F3NO3. The largest absolute Gasteiger partial charge is 0.508 e. The summed E-state index contributed by atoms with van der Waals surface area (Å²) < 4.78 is 44.5. The molecule has 1 aliphatic rings. The molecule has 4 nitrogen and oxygen atoms in total. The molecular weight excluding hydrogens is 359 g/mol. The Morgan fingerprint density at radius 2 is 1.89 bits per heavy atom. The summed E-state index contributed by atoms with van der Waals surface area (Å²) in [5.41, 5.74) is -1.06. The molecule has 1 amide bonds. The highest BCUT2D eigenvalue weighted by atomic mass is 19.4. The van der Waals surface area contributed by atoms with Crippen LogP contribution in [0.2, 0.25) is 0 Å². The summed E-state index contributed by atoms with van der Waals surface area (Å²) in [6, 6.07) is 2.98. The number of alkyl halides is 3. The summed E-state index contributed by atoms with van der Waals surface area (Å²) in [5.74, 6) is -0.151. The summed E-state index contributed by atoms with van der Waals surface area (Å²) in [6.07, 6.45) is -3.00. The summed E-state index contributed by atoms with van der Waals surface area (Å²) in [4.78, 5) is 14.0. The Morgan fingerprint density at radius 1 is 1.30 bits per heavy atom. The first kappa shape index (κ1) is 21.4. The highest BCUT2D eigenvalue weighted by Gasteiger charge is 2.35. The van der Waals surface area contributed by atoms with Gasteiger partial charge in [-0.05, 0) is 68.7 Å². The molecule has 0 aromatic heterocycles. The van der Waals surface area contributed by atoms with Crippen molar-refractivity contribution in [2.24, 2.45) is 5.92 Å². The van der Waals surface area contributed by atoms with E-state index >= 15 is 0 Å². The van der Waals surface area contributed by atoms with Crippen molar-refractivity contribution >= 4 is 6.09 Å². The van der Waals surface area contributed by atoms with Gasteiger partial charge in [-0.15, -0.1) is 0 Å². The van der Waals surface area contributed by atoms with E-state index < -0.39 is 23.4 Å². The molecule has 1 aliphatic heterocycles. The Hall–Kier alpha value is -1.92. The van der Waals surface area contributed by atoms with Crippen LogP contribution >= 0.6 is 0 Å². The number of carbonyl (C=O) groups is 1. The Morgan fingerprint density at radius 3 is 2.41 bits per heavy atom. The van der Waals surface area contributed by atoms with Crippen molar-refractivity contribution in [2.45, 2.75) is 64.7 Å². The number of rotatable bonds is 4. The third-order valence-corrected chi connectivity index (χ3v) is 5.70. The van der Waals surface area contributed by atoms with Gasteiger partial charge in [0.05, 0.1) is 5.56 Å². The van der Waals surface area contributed by atoms with Gasteiger partial charge >= 0.3 is 12.3 Å². The van der Waals surface area contributed by atoms with Crippen LogP contribution in [0.5, 0.6) is 5.75 Å². The fraction of sp³-hybridized carbons (Fsp3) is 0.650. The topological polar surface area (TPSA) is 49.8 Å². The minimum absolute atomic E-state index is 0.137. The number of phenols is 1. The molecule has 1 heterocycles. The van der Waals surface area contributed by atoms with Gasteiger partial charge in [-0.2, -0.15) is 13.2 Å². The van der Waals surface area contributed by atoms with Gasteiger partial charge < -0.3 is 14.7 Å². The lowest BCUT2D eigenvalue weighted by atomic mass is 9.88. The highest BCUT2D eigenvalue weighted by molar-refractivity contribution is 5.68. The third kappa shape index (κ3) is 5.08. The van der Waals surface area contributed by atoms with E-state index in [1.165, 1.54) is 0 Å². The monoisotopic (exact) mass is 387 g/mol. The molecule has 152 valence electrons. The van der Waals surface area contributed by atoms with Gasteiger partial charge in [-0.1, -0.05) is 13.8 Å². The van der Waals surface area contributed by atoms with Crippen molar-refractivity contribution in [1.29, 1.82) is 0 Å². The lowest BCUT2D eigenvalue weighted by molar-refractivity contribution is -0.137. The van der Waals surface area contributed by atoms with Crippen LogP contribution in [0.1, 0.15) is 64.0 Å². The Labute approximate surface area is 158 Å². The minimum Gasteiger partial charge on any atom is -0.508 e. The zero-order valence-electron chi connectivity index (χ0n) is 16.3. The number of carbonyl (C=O) groups excluding carboxylic acids is 1. The molecule has 2 rings (SSSR count). The lowest BCUT2D eigenvalue weighted by Crippen LogP contribution is -2.44. The van der Waals surface area contributed by atoms with Crippen LogP contribution in [0.25, 0.3) is 0 Å². The molecule has 1 saturated heterocycles. The fourth-order valence-corrected chi connectivity index (χ4v) is 3.31. The summed E-state index contributed by atoms with van der Waals surface area (Å²) in [5, 5.41) is 10.00. The number of hydrogen-bond donors (Lipinski definition) is 1. The van der Waals surface area contributed by atoms with Crippen molar-refractivity contribution in [3.05, 3.63) is 29.3 Å². The zero-order valence-corrected chi connectivity index (χ0v) is 16.3. The van der Waals surface area contributed by atoms with E-state index in [1.54, 1.807) is 4.90 Å². The van der Waals surface area contributed by atoms with Crippen molar-refractivity contribution < 1.29 is 27.8 Å². The first-order valence-corrected chi connectivity index (χ1v) is 9.33. The zero-order chi connectivity index (χ0) is 20.4. The Bertz CT molecular complexity index is 665. The average molecular weight is 387 g/mol. The summed E-state index contributed by atoms with van der Waals surface area (Å²) in [7, 11) is 0. The molecule has 1 N–H and O–H groups in total. The van der Waals surface area contributed by atoms with E-state index in [0.29, 0.717) is 25.9 Å². The Balaban J connectivity index is 2.02. The molecule has 0 saturated carbocycles. The number of phenolic OH excluding ortho intramolecular Hbond substituents is 1. The predicted molar refractivity (Wildman–Crippen MR) is 96.7 cm³/mol. The van der Waals surface area contributed by atoms with Crippen LogP contribution in [0.3, 0.4) is 0 Å². The van der Waals surface area contributed by atoms with Crippen molar-refractivity contribution in [3.63, 3.8) is 0 Å². The lowest BCUT2D eigenvalue weighted by Gasteiger charge is -2.36. The fourth-order valence-electron chi connectivity index (χ4n) is 3.31. The number of halogens is 3. The molecule has 1 atom stereocenters. The number of amides is 1. The maximum absolute atomic E-state index is 12.9. The number of hydrogen-bond acceptors (Lipinski definition) is 3. The Kier molecular flexibility index (Phi) is 6.32. The SMILES string of the molecule is CCC(C)C(C)(C)OC(=O)N1CCC(c2cc(C(F)(F)F)ccc2O)CC1. The second-order valence-corrected chi connectivity index (χ2v) is 7.81. The molecule has 7 heteroatoms. The van der Waals surface area contributed by atoms with E-state index in [1.807, 2.05) is 27.7 Å². The second kappa shape index (κ2) is 7.98. The molecule has 1 aromatic carbocycles. The molecule has 0 spiro atoms. The van der Waals surface area contributed by atoms with E-state index in [-0.39, 0.29) is 23.1 Å². The minimum atomic E-state index is -4.45. The van der Waals surface area contributed by atoms with Crippen molar-refractivity contribution in [2.75, 3.05) is 13.1 Å². The summed E-state index contributed by atoms with van der Waals surface area (Å²) in [6.45, 7) is 8.59. The van der Waals surface area contributed by atoms with Gasteiger partial charge in [0.2, 0.25) is 0 Å². The van der Waals surface area contributed by atoms with Gasteiger partial charge in [0.1, 0.15) is 11.4 Å². The predicted octanol–water partition coefficient (Wildman–Crippen LogP) is 5.55. The van der Waals surface area contributed by atoms with Crippen LogP contribution < -0.4 is 0 Å². The maximum atomic E-state index is 12.9. The first-order valence-electron chi connectivity index (χ1n) is 9.33. The standard InChI is InChI=1S/C20H28F3NO3/c1-5-13(2)19(3,4)27-18(26)24-10-8-14(9-11-24)16-12-15(20(21,22)23)6-7-17(16)25/h6-7,12-14,25H,5,8-11H2,1-4H3. The van der Waals surface area contributed by atoms with Gasteiger partial charge in [0.15, 0.2) is 0 Å². The van der Waals surface area contributed by atoms with E-state index in [9.17, 15) is 23.1 Å². The number of likely N-dealkylation sites (tertiary alicyclic amines) is 1. The smallest absolute Gasteiger partial charge is 0.416 e. The number of aromatic hydroxyl groups is 1. The number of nitrogens with zero attached hydrogens (tertiary/aromatic N) is 1. The van der Waals surface area contributed by atoms with E-state index in [4.69, 9.17) is 4.74 Å². The van der Waals surface area contributed by atoms with Crippen molar-refractivity contribution in [1.82, 2.24) is 4.90 Å². The molecule has 0 radical (unpaired) electrons. The van der Waals surface area contributed by atoms with E-state index in [0.717, 1.165) is 24.6 Å². The number of benzene rings is 1. The summed E-state index contributed by atoms with van der Waals surface area (Å²) >= 11 is 0. The average Bonchev–Trinajstić information content (AvgIpc) is 2.60. The molecule has 1 unspecified atom stereocenters. The van der Waals surface area contributed by atoms with Crippen LogP contribution in [0, 0.1) is 5.92 Å². The quantitative estimate of drug-likeness (QED) is 0.737. The number of ether oxygens (including phenoxy) is 1. The van der Waals surface area contributed by atoms with Crippen LogP contribution in [-0.4, -0.2) is 34.8 Å². The first-order chi connectivity index (χ1) is 12.5. The van der Waals surface area contributed by atoms with Gasteiger partial charge in [0, 0.05) is 13.1 Å². The van der Waals surface area contributed by atoms with Gasteiger partial charge in [-0.3, -0.25) is 0 Å². The third-order valence-electron chi connectivity index (χ3n) is 5.70. The maximum Gasteiger partial charge on any atom is 0.416 e. The molecule has 0 bridgehead atoms. The highest BCUT2D eigenvalue weighted by Crippen LogP contribution is 2.38. The molecule has 27 heavy (non-hydrogen) atoms. The van der Waals surface area contributed by atoms with E-state index in [2.05, 4.69) is 0 Å².